The highest BCUT2D eigenvalue weighted by Gasteiger charge is 2.24. The van der Waals surface area contributed by atoms with Gasteiger partial charge in [0.15, 0.2) is 0 Å². The van der Waals surface area contributed by atoms with Crippen LogP contribution in [0.3, 0.4) is 0 Å². The van der Waals surface area contributed by atoms with Gasteiger partial charge in [-0.15, -0.1) is 0 Å². The predicted molar refractivity (Wildman–Crippen MR) is 68.5 cm³/mol. The number of hydrogen-bond donors (Lipinski definition) is 1. The topological polar surface area (TPSA) is 32.5 Å². The third kappa shape index (κ3) is 3.19. The molecule has 0 radical (unpaired) electrons. The molecule has 2 fully saturated rings. The van der Waals surface area contributed by atoms with Crippen LogP contribution in [0.15, 0.2) is 0 Å². The molecule has 2 rings (SSSR count). The first-order valence-corrected chi connectivity index (χ1v) is 7.00. The van der Waals surface area contributed by atoms with E-state index in [2.05, 4.69) is 16.7 Å². The van der Waals surface area contributed by atoms with Gasteiger partial charge in [0.2, 0.25) is 0 Å². The lowest BCUT2D eigenvalue weighted by Gasteiger charge is -2.34. The fourth-order valence-corrected chi connectivity index (χ4v) is 3.10. The predicted octanol–water partition coefficient (Wildman–Crippen LogP) is 1.14. The molecule has 1 saturated heterocycles. The lowest BCUT2D eigenvalue weighted by atomic mass is 10.00. The third-order valence-electron chi connectivity index (χ3n) is 4.45. The average molecular weight is 225 g/mol. The largest absolute Gasteiger partial charge is 0.327 e. The Kier molecular flexibility index (Phi) is 4.62. The van der Waals surface area contributed by atoms with Gasteiger partial charge in [-0.1, -0.05) is 13.3 Å². The molecule has 94 valence electrons. The lowest BCUT2D eigenvalue weighted by molar-refractivity contribution is 0.130. The molecule has 1 aliphatic heterocycles. The second-order valence-electron chi connectivity index (χ2n) is 5.42. The summed E-state index contributed by atoms with van der Waals surface area (Å²) in [6.07, 6.45) is 5.31. The summed E-state index contributed by atoms with van der Waals surface area (Å²) in [6.45, 7) is 9.77. The zero-order valence-corrected chi connectivity index (χ0v) is 10.7. The molecule has 2 N–H and O–H groups in total. The van der Waals surface area contributed by atoms with E-state index in [4.69, 9.17) is 5.73 Å². The molecule has 0 amide bonds. The molecule has 2 unspecified atom stereocenters. The monoisotopic (exact) mass is 225 g/mol. The van der Waals surface area contributed by atoms with Gasteiger partial charge in [0.1, 0.15) is 0 Å². The average Bonchev–Trinajstić information content (AvgIpc) is 2.73. The Bertz CT molecular complexity index is 199. The summed E-state index contributed by atoms with van der Waals surface area (Å²) in [5.41, 5.74) is 6.11. The molecule has 0 aromatic carbocycles. The number of likely N-dealkylation sites (N-methyl/N-ethyl adjacent to an activating group) is 1. The summed E-state index contributed by atoms with van der Waals surface area (Å²) < 4.78 is 0. The van der Waals surface area contributed by atoms with Crippen molar-refractivity contribution in [1.29, 1.82) is 0 Å². The van der Waals surface area contributed by atoms with Crippen molar-refractivity contribution >= 4 is 0 Å². The smallest absolute Gasteiger partial charge is 0.0110 e. The molecule has 3 nitrogen and oxygen atoms in total. The van der Waals surface area contributed by atoms with Crippen molar-refractivity contribution in [1.82, 2.24) is 9.80 Å². The van der Waals surface area contributed by atoms with Gasteiger partial charge in [0, 0.05) is 32.2 Å². The highest BCUT2D eigenvalue weighted by atomic mass is 15.3. The van der Waals surface area contributed by atoms with Crippen LogP contribution in [-0.2, 0) is 0 Å². The molecule has 1 heterocycles. The highest BCUT2D eigenvalue weighted by molar-refractivity contribution is 4.81. The van der Waals surface area contributed by atoms with E-state index in [1.54, 1.807) is 0 Å². The molecule has 0 bridgehead atoms. The Hall–Kier alpha value is -0.120. The number of nitrogens with two attached hydrogens (primary N) is 1. The minimum Gasteiger partial charge on any atom is -0.327 e. The van der Waals surface area contributed by atoms with E-state index in [-0.39, 0.29) is 0 Å². The van der Waals surface area contributed by atoms with Gasteiger partial charge in [-0.25, -0.2) is 0 Å². The minimum atomic E-state index is 0.497. The van der Waals surface area contributed by atoms with Crippen molar-refractivity contribution in [3.05, 3.63) is 0 Å². The molecular formula is C13H27N3. The van der Waals surface area contributed by atoms with Crippen LogP contribution in [0.25, 0.3) is 0 Å². The Labute approximate surface area is 100.0 Å². The second kappa shape index (κ2) is 5.99. The van der Waals surface area contributed by atoms with E-state index in [9.17, 15) is 0 Å². The molecular weight excluding hydrogens is 198 g/mol. The van der Waals surface area contributed by atoms with E-state index in [0.717, 1.165) is 5.92 Å². The van der Waals surface area contributed by atoms with Gasteiger partial charge in [0.25, 0.3) is 0 Å². The third-order valence-corrected chi connectivity index (χ3v) is 4.45. The van der Waals surface area contributed by atoms with Crippen molar-refractivity contribution in [3.63, 3.8) is 0 Å². The first-order valence-electron chi connectivity index (χ1n) is 7.00. The zero-order chi connectivity index (χ0) is 11.4. The lowest BCUT2D eigenvalue weighted by Crippen LogP contribution is -2.46. The second-order valence-corrected chi connectivity index (χ2v) is 5.42. The molecule has 2 atom stereocenters. The highest BCUT2D eigenvalue weighted by Crippen LogP contribution is 2.26. The van der Waals surface area contributed by atoms with Gasteiger partial charge in [-0.2, -0.15) is 0 Å². The maximum atomic E-state index is 6.11. The number of piperazine rings is 1. The van der Waals surface area contributed by atoms with Crippen LogP contribution in [0.4, 0.5) is 0 Å². The van der Waals surface area contributed by atoms with Gasteiger partial charge in [0.05, 0.1) is 0 Å². The van der Waals surface area contributed by atoms with Crippen LogP contribution in [0.1, 0.15) is 32.6 Å². The quantitative estimate of drug-likeness (QED) is 0.779. The molecule has 1 saturated carbocycles. The summed E-state index contributed by atoms with van der Waals surface area (Å²) >= 11 is 0. The summed E-state index contributed by atoms with van der Waals surface area (Å²) in [5.74, 6) is 0.809. The van der Waals surface area contributed by atoms with E-state index >= 15 is 0 Å². The SMILES string of the molecule is CCN1CCN(CCC2CCCC2N)CC1. The molecule has 0 aromatic rings. The molecule has 3 heteroatoms. The Balaban J connectivity index is 1.63. The molecule has 0 spiro atoms. The Morgan fingerprint density at radius 2 is 1.75 bits per heavy atom. The summed E-state index contributed by atoms with van der Waals surface area (Å²) in [6, 6.07) is 0.497. The van der Waals surface area contributed by atoms with Crippen molar-refractivity contribution in [2.24, 2.45) is 11.7 Å². The first kappa shape index (κ1) is 12.3. The maximum absolute atomic E-state index is 6.11. The van der Waals surface area contributed by atoms with Gasteiger partial charge >= 0.3 is 0 Å². The Morgan fingerprint density at radius 3 is 2.31 bits per heavy atom. The molecule has 0 aromatic heterocycles. The van der Waals surface area contributed by atoms with Crippen LogP contribution in [0, 0.1) is 5.92 Å². The van der Waals surface area contributed by atoms with Crippen LogP contribution in [-0.4, -0.2) is 55.1 Å². The van der Waals surface area contributed by atoms with Crippen molar-refractivity contribution in [2.75, 3.05) is 39.3 Å². The first-order chi connectivity index (χ1) is 7.79. The maximum Gasteiger partial charge on any atom is 0.0110 e. The zero-order valence-electron chi connectivity index (χ0n) is 10.7. The van der Waals surface area contributed by atoms with E-state index in [1.807, 2.05) is 0 Å². The van der Waals surface area contributed by atoms with Gasteiger partial charge < -0.3 is 15.5 Å². The molecule has 2 aliphatic rings. The van der Waals surface area contributed by atoms with Crippen molar-refractivity contribution in [2.45, 2.75) is 38.6 Å². The fourth-order valence-electron chi connectivity index (χ4n) is 3.10. The summed E-state index contributed by atoms with van der Waals surface area (Å²) in [4.78, 5) is 5.16. The summed E-state index contributed by atoms with van der Waals surface area (Å²) in [5, 5.41) is 0. The summed E-state index contributed by atoms with van der Waals surface area (Å²) in [7, 11) is 0. The number of rotatable bonds is 4. The molecule has 1 aliphatic carbocycles. The van der Waals surface area contributed by atoms with E-state index < -0.39 is 0 Å². The fraction of sp³-hybridized carbons (Fsp3) is 1.00. The minimum absolute atomic E-state index is 0.497. The standard InChI is InChI=1S/C13H27N3/c1-2-15-8-10-16(11-9-15)7-6-12-4-3-5-13(12)14/h12-13H,2-11,14H2,1H3. The van der Waals surface area contributed by atoms with Gasteiger partial charge in [-0.05, 0) is 38.3 Å². The van der Waals surface area contributed by atoms with E-state index in [1.165, 1.54) is 65.0 Å². The van der Waals surface area contributed by atoms with Crippen LogP contribution in [0.5, 0.6) is 0 Å². The molecule has 16 heavy (non-hydrogen) atoms. The normalized spacial score (nSPS) is 33.4. The van der Waals surface area contributed by atoms with Crippen molar-refractivity contribution in [3.8, 4) is 0 Å². The van der Waals surface area contributed by atoms with Crippen LogP contribution in [0.2, 0.25) is 0 Å². The number of hydrogen-bond acceptors (Lipinski definition) is 3. The van der Waals surface area contributed by atoms with E-state index in [0.29, 0.717) is 6.04 Å². The van der Waals surface area contributed by atoms with Crippen LogP contribution >= 0.6 is 0 Å². The van der Waals surface area contributed by atoms with Crippen molar-refractivity contribution < 1.29 is 0 Å². The van der Waals surface area contributed by atoms with Crippen LogP contribution < -0.4 is 5.73 Å². The number of nitrogens with zero attached hydrogens (tertiary/aromatic N) is 2. The van der Waals surface area contributed by atoms with Gasteiger partial charge in [-0.3, -0.25) is 0 Å². The Morgan fingerprint density at radius 1 is 1.06 bits per heavy atom.